The van der Waals surface area contributed by atoms with Crippen molar-refractivity contribution in [1.82, 2.24) is 10.2 Å². The predicted octanol–water partition coefficient (Wildman–Crippen LogP) is 3.28. The second-order valence-electron chi connectivity index (χ2n) is 9.15. The number of hydrogen-bond donors (Lipinski definition) is 2. The second-order valence-corrected chi connectivity index (χ2v) is 10.6. The number of benzene rings is 1. The average molecular weight is 590 g/mol. The molecule has 1 aliphatic rings. The lowest BCUT2D eigenvalue weighted by Gasteiger charge is -2.25. The summed E-state index contributed by atoms with van der Waals surface area (Å²) < 4.78 is 61.4. The third-order valence-corrected chi connectivity index (χ3v) is 6.47. The molecule has 0 saturated carbocycles. The second kappa shape index (κ2) is 15.1. The smallest absolute Gasteiger partial charge is 0.463 e. The molecule has 12 nitrogen and oxygen atoms in total. The number of aliphatic imine (C=N–C) groups is 1. The first kappa shape index (κ1) is 33.2. The first-order valence-electron chi connectivity index (χ1n) is 12.4. The standard InChI is InChI=1S/C25H34F2N3O9P/c1-17(2)38-23(33)18(3)11-13-36-40(34,35)37-15-20-14-25(26,27)24(39-20)30(16-31)12-10-21(28-4)29-22(32)19-8-6-5-7-9-19/h5-10,12,16-18,20,24H,11,13-15H2,1-4H3,(H,34,35)(H,28,29,32)/b12-10-. The number of halogens is 2. The van der Waals surface area contributed by atoms with E-state index >= 15 is 0 Å². The maximum Gasteiger partial charge on any atom is 0.472 e. The van der Waals surface area contributed by atoms with Gasteiger partial charge in [0.05, 0.1) is 31.3 Å². The van der Waals surface area contributed by atoms with Crippen LogP contribution >= 0.6 is 7.82 Å². The number of phosphoric acid groups is 1. The molecule has 0 spiro atoms. The summed E-state index contributed by atoms with van der Waals surface area (Å²) in [7, 11) is -3.29. The molecule has 1 aliphatic heterocycles. The van der Waals surface area contributed by atoms with Crippen LogP contribution in [0.2, 0.25) is 0 Å². The number of amides is 2. The molecule has 2 rings (SSSR count). The molecule has 4 atom stereocenters. The molecular weight excluding hydrogens is 555 g/mol. The van der Waals surface area contributed by atoms with Crippen LogP contribution in [0.25, 0.3) is 0 Å². The Labute approximate surface area is 230 Å². The quantitative estimate of drug-likeness (QED) is 0.109. The lowest BCUT2D eigenvalue weighted by molar-refractivity contribution is -0.154. The number of ether oxygens (including phenoxy) is 2. The zero-order valence-electron chi connectivity index (χ0n) is 22.6. The van der Waals surface area contributed by atoms with Gasteiger partial charge in [-0.3, -0.25) is 33.3 Å². The Morgan fingerprint density at radius 2 is 1.95 bits per heavy atom. The van der Waals surface area contributed by atoms with Crippen LogP contribution in [-0.2, 0) is 32.7 Å². The van der Waals surface area contributed by atoms with Gasteiger partial charge in [0, 0.05) is 25.2 Å². The van der Waals surface area contributed by atoms with Crippen molar-refractivity contribution in [3.05, 3.63) is 48.2 Å². The van der Waals surface area contributed by atoms with Gasteiger partial charge in [0.15, 0.2) is 0 Å². The molecule has 0 bridgehead atoms. The molecule has 0 aliphatic carbocycles. The fourth-order valence-corrected chi connectivity index (χ4v) is 4.19. The molecule has 1 aromatic carbocycles. The Balaban J connectivity index is 1.91. The minimum absolute atomic E-state index is 0.00736. The Kier molecular flexibility index (Phi) is 12.5. The highest BCUT2D eigenvalue weighted by atomic mass is 31.2. The third kappa shape index (κ3) is 10.5. The number of amidine groups is 1. The number of phosphoric ester groups is 1. The van der Waals surface area contributed by atoms with Gasteiger partial charge in [0.25, 0.3) is 11.8 Å². The Morgan fingerprint density at radius 1 is 1.27 bits per heavy atom. The number of alkyl halides is 2. The van der Waals surface area contributed by atoms with E-state index in [-0.39, 0.29) is 31.4 Å². The number of carbonyl (C=O) groups excluding carboxylic acids is 3. The highest BCUT2D eigenvalue weighted by Gasteiger charge is 2.53. The minimum atomic E-state index is -4.65. The van der Waals surface area contributed by atoms with Gasteiger partial charge in [-0.25, -0.2) is 13.3 Å². The third-order valence-electron chi connectivity index (χ3n) is 5.48. The van der Waals surface area contributed by atoms with E-state index in [9.17, 15) is 32.6 Å². The summed E-state index contributed by atoms with van der Waals surface area (Å²) in [6, 6.07) is 8.20. The van der Waals surface area contributed by atoms with Crippen molar-refractivity contribution in [2.45, 2.75) is 58.0 Å². The van der Waals surface area contributed by atoms with E-state index in [0.717, 1.165) is 12.3 Å². The highest BCUT2D eigenvalue weighted by molar-refractivity contribution is 7.47. The van der Waals surface area contributed by atoms with E-state index in [1.165, 1.54) is 7.05 Å². The molecule has 2 N–H and O–H groups in total. The lowest BCUT2D eigenvalue weighted by atomic mass is 10.1. The van der Waals surface area contributed by atoms with Gasteiger partial charge >= 0.3 is 13.8 Å². The zero-order chi connectivity index (χ0) is 29.9. The van der Waals surface area contributed by atoms with Crippen molar-refractivity contribution >= 4 is 31.9 Å². The molecule has 2 amide bonds. The summed E-state index contributed by atoms with van der Waals surface area (Å²) in [6.45, 7) is 3.88. The van der Waals surface area contributed by atoms with Gasteiger partial charge in [-0.2, -0.15) is 0 Å². The van der Waals surface area contributed by atoms with Crippen LogP contribution in [0.5, 0.6) is 0 Å². The molecule has 1 saturated heterocycles. The van der Waals surface area contributed by atoms with Crippen LogP contribution in [0.1, 0.15) is 44.0 Å². The number of nitrogens with zero attached hydrogens (tertiary/aromatic N) is 2. The molecule has 1 fully saturated rings. The largest absolute Gasteiger partial charge is 0.472 e. The van der Waals surface area contributed by atoms with Gasteiger partial charge in [0.1, 0.15) is 5.84 Å². The summed E-state index contributed by atoms with van der Waals surface area (Å²) in [5.74, 6) is -5.14. The summed E-state index contributed by atoms with van der Waals surface area (Å²) in [4.78, 5) is 50.0. The summed E-state index contributed by atoms with van der Waals surface area (Å²) in [5, 5.41) is 2.49. The van der Waals surface area contributed by atoms with Crippen molar-refractivity contribution in [2.75, 3.05) is 20.3 Å². The molecule has 40 heavy (non-hydrogen) atoms. The molecule has 1 heterocycles. The first-order valence-corrected chi connectivity index (χ1v) is 13.9. The van der Waals surface area contributed by atoms with Crippen LogP contribution in [0, 0.1) is 5.92 Å². The minimum Gasteiger partial charge on any atom is -0.463 e. The molecule has 0 radical (unpaired) electrons. The maximum absolute atomic E-state index is 14.7. The lowest BCUT2D eigenvalue weighted by Crippen LogP contribution is -2.42. The summed E-state index contributed by atoms with van der Waals surface area (Å²) in [6.07, 6.45) is -2.34. The molecule has 1 aromatic rings. The summed E-state index contributed by atoms with van der Waals surface area (Å²) in [5.41, 5.74) is 0.339. The number of esters is 1. The Morgan fingerprint density at radius 3 is 2.55 bits per heavy atom. The number of nitrogens with one attached hydrogen (secondary N) is 1. The maximum atomic E-state index is 14.7. The molecular formula is C25H34F2N3O9P. The molecule has 222 valence electrons. The SMILES string of the molecule is CN=C(/C=C\N(C=O)C1OC(COP(=O)(O)OCCC(C)C(=O)OC(C)C)CC1(F)F)NC(=O)c1ccccc1. The van der Waals surface area contributed by atoms with E-state index in [0.29, 0.717) is 10.5 Å². The predicted molar refractivity (Wildman–Crippen MR) is 139 cm³/mol. The van der Waals surface area contributed by atoms with Crippen molar-refractivity contribution < 1.29 is 51.1 Å². The van der Waals surface area contributed by atoms with Gasteiger partial charge < -0.3 is 19.7 Å². The van der Waals surface area contributed by atoms with Crippen LogP contribution in [0.3, 0.4) is 0 Å². The fourth-order valence-electron chi connectivity index (χ4n) is 3.42. The van der Waals surface area contributed by atoms with Gasteiger partial charge in [-0.05, 0) is 38.5 Å². The zero-order valence-corrected chi connectivity index (χ0v) is 23.5. The molecule has 0 aromatic heterocycles. The van der Waals surface area contributed by atoms with Crippen LogP contribution in [0.4, 0.5) is 8.78 Å². The average Bonchev–Trinajstić information content (AvgIpc) is 3.21. The van der Waals surface area contributed by atoms with Crippen LogP contribution < -0.4 is 5.32 Å². The topological polar surface area (TPSA) is 153 Å². The first-order chi connectivity index (χ1) is 18.8. The van der Waals surface area contributed by atoms with E-state index in [4.69, 9.17) is 18.5 Å². The van der Waals surface area contributed by atoms with Crippen LogP contribution in [-0.4, -0.2) is 78.5 Å². The van der Waals surface area contributed by atoms with Crippen molar-refractivity contribution in [2.24, 2.45) is 10.9 Å². The van der Waals surface area contributed by atoms with E-state index in [1.54, 1.807) is 51.1 Å². The van der Waals surface area contributed by atoms with Crippen LogP contribution in [0.15, 0.2) is 47.6 Å². The molecule has 4 unspecified atom stereocenters. The van der Waals surface area contributed by atoms with E-state index in [2.05, 4.69) is 10.3 Å². The Hall–Kier alpha value is -3.03. The fraction of sp³-hybridized carbons (Fsp3) is 0.520. The Bertz CT molecular complexity index is 1120. The van der Waals surface area contributed by atoms with Gasteiger partial charge in [0.2, 0.25) is 12.6 Å². The van der Waals surface area contributed by atoms with E-state index in [1.807, 2.05) is 0 Å². The number of hydrogen-bond acceptors (Lipinski definition) is 9. The van der Waals surface area contributed by atoms with Crippen molar-refractivity contribution in [1.29, 1.82) is 0 Å². The van der Waals surface area contributed by atoms with Gasteiger partial charge in [-0.15, -0.1) is 0 Å². The summed E-state index contributed by atoms with van der Waals surface area (Å²) >= 11 is 0. The van der Waals surface area contributed by atoms with E-state index < -0.39 is 56.9 Å². The number of rotatable bonds is 14. The van der Waals surface area contributed by atoms with Gasteiger partial charge in [-0.1, -0.05) is 25.1 Å². The molecule has 15 heteroatoms. The number of carbonyl (C=O) groups is 3. The normalized spacial score (nSPS) is 21.1. The monoisotopic (exact) mass is 589 g/mol. The highest BCUT2D eigenvalue weighted by Crippen LogP contribution is 2.45. The van der Waals surface area contributed by atoms with Crippen molar-refractivity contribution in [3.63, 3.8) is 0 Å². The van der Waals surface area contributed by atoms with Crippen molar-refractivity contribution in [3.8, 4) is 0 Å².